The van der Waals surface area contributed by atoms with Gasteiger partial charge in [0.1, 0.15) is 4.92 Å². The van der Waals surface area contributed by atoms with E-state index in [1.807, 2.05) is 19.9 Å². The molecular weight excluding hydrogens is 408 g/mol. The normalized spacial score (nSPS) is 14.9. The van der Waals surface area contributed by atoms with E-state index >= 15 is 0 Å². The van der Waals surface area contributed by atoms with Gasteiger partial charge in [-0.2, -0.15) is 0 Å². The van der Waals surface area contributed by atoms with Crippen molar-refractivity contribution in [2.45, 2.75) is 13.8 Å². The maximum atomic E-state index is 13.2. The zero-order valence-corrected chi connectivity index (χ0v) is 17.6. The summed E-state index contributed by atoms with van der Waals surface area (Å²) in [5.41, 5.74) is 3.03. The number of aromatic nitrogens is 1. The van der Waals surface area contributed by atoms with Gasteiger partial charge in [0.2, 0.25) is 0 Å². The fourth-order valence-electron chi connectivity index (χ4n) is 3.50. The molecule has 0 saturated carbocycles. The molecule has 0 bridgehead atoms. The summed E-state index contributed by atoms with van der Waals surface area (Å²) >= 11 is 1.43. The number of carbonyl (C=O) groups excluding carboxylic acids is 1. The van der Waals surface area contributed by atoms with Crippen LogP contribution in [0.4, 0.5) is 11.0 Å². The van der Waals surface area contributed by atoms with Gasteiger partial charge in [0.15, 0.2) is 10.9 Å². The van der Waals surface area contributed by atoms with Crippen LogP contribution in [0.3, 0.4) is 0 Å². The molecule has 0 radical (unpaired) electrons. The van der Waals surface area contributed by atoms with Crippen LogP contribution in [0.1, 0.15) is 21.7 Å². The number of anilines is 1. The van der Waals surface area contributed by atoms with E-state index in [9.17, 15) is 14.9 Å². The summed E-state index contributed by atoms with van der Waals surface area (Å²) in [7, 11) is 0. The lowest BCUT2D eigenvalue weighted by Gasteiger charge is -2.28. The van der Waals surface area contributed by atoms with Gasteiger partial charge in [0.25, 0.3) is 5.91 Å². The zero-order valence-electron chi connectivity index (χ0n) is 16.8. The first-order valence-electron chi connectivity index (χ1n) is 9.66. The van der Waals surface area contributed by atoms with Crippen LogP contribution in [0.2, 0.25) is 0 Å². The SMILES string of the molecule is Cc1cc(C)c2nc(N(CCN3CCOCC3)C(=O)c3ccc([N+](=O)[O-])o3)sc2c1. The predicted molar refractivity (Wildman–Crippen MR) is 113 cm³/mol. The number of hydrogen-bond donors (Lipinski definition) is 0. The first-order chi connectivity index (χ1) is 14.4. The average molecular weight is 430 g/mol. The number of hydrogen-bond acceptors (Lipinski definition) is 8. The van der Waals surface area contributed by atoms with E-state index in [2.05, 4.69) is 11.0 Å². The highest BCUT2D eigenvalue weighted by Crippen LogP contribution is 2.32. The first-order valence-corrected chi connectivity index (χ1v) is 10.5. The fourth-order valence-corrected chi connectivity index (χ4v) is 4.66. The van der Waals surface area contributed by atoms with Crippen molar-refractivity contribution in [2.24, 2.45) is 0 Å². The minimum atomic E-state index is -0.654. The molecule has 0 N–H and O–H groups in total. The number of fused-ring (bicyclic) bond motifs is 1. The Morgan fingerprint density at radius 1 is 1.30 bits per heavy atom. The number of ether oxygens (including phenoxy) is 1. The van der Waals surface area contributed by atoms with E-state index in [0.717, 1.165) is 34.4 Å². The van der Waals surface area contributed by atoms with Gasteiger partial charge in [-0.25, -0.2) is 4.98 Å². The third kappa shape index (κ3) is 4.20. The predicted octanol–water partition coefficient (Wildman–Crippen LogP) is 3.39. The van der Waals surface area contributed by atoms with Crippen molar-refractivity contribution in [3.8, 4) is 0 Å². The number of morpholine rings is 1. The Kier molecular flexibility index (Phi) is 5.80. The number of carbonyl (C=O) groups is 1. The Bertz CT molecular complexity index is 1090. The van der Waals surface area contributed by atoms with Crippen molar-refractivity contribution in [3.63, 3.8) is 0 Å². The second kappa shape index (κ2) is 8.50. The standard InChI is InChI=1S/C20H22N4O5S/c1-13-11-14(2)18-16(12-13)30-20(21-18)23(6-5-22-7-9-28-10-8-22)19(25)15-3-4-17(29-15)24(26)27/h3-4,11-12H,5-10H2,1-2H3. The summed E-state index contributed by atoms with van der Waals surface area (Å²) in [6, 6.07) is 6.64. The molecule has 1 fully saturated rings. The maximum Gasteiger partial charge on any atom is 0.433 e. The van der Waals surface area contributed by atoms with Crippen LogP contribution < -0.4 is 4.90 Å². The van der Waals surface area contributed by atoms with E-state index in [0.29, 0.717) is 31.4 Å². The average Bonchev–Trinajstić information content (AvgIpc) is 3.36. The van der Waals surface area contributed by atoms with Crippen LogP contribution in [0.25, 0.3) is 10.2 Å². The molecule has 0 spiro atoms. The summed E-state index contributed by atoms with van der Waals surface area (Å²) in [6.45, 7) is 7.98. The van der Waals surface area contributed by atoms with Crippen molar-refractivity contribution in [1.82, 2.24) is 9.88 Å². The lowest BCUT2D eigenvalue weighted by atomic mass is 10.1. The molecule has 1 amide bonds. The number of rotatable bonds is 6. The monoisotopic (exact) mass is 430 g/mol. The number of aryl methyl sites for hydroxylation is 2. The van der Waals surface area contributed by atoms with Crippen molar-refractivity contribution in [1.29, 1.82) is 0 Å². The van der Waals surface area contributed by atoms with Crippen LogP contribution in [0.15, 0.2) is 28.7 Å². The van der Waals surface area contributed by atoms with Crippen molar-refractivity contribution in [3.05, 3.63) is 51.3 Å². The molecule has 1 saturated heterocycles. The highest BCUT2D eigenvalue weighted by molar-refractivity contribution is 7.22. The van der Waals surface area contributed by atoms with E-state index < -0.39 is 16.7 Å². The molecule has 1 aromatic carbocycles. The van der Waals surface area contributed by atoms with Gasteiger partial charge in [0, 0.05) is 26.2 Å². The number of nitrogens with zero attached hydrogens (tertiary/aromatic N) is 4. The van der Waals surface area contributed by atoms with Gasteiger partial charge in [-0.05, 0) is 37.1 Å². The summed E-state index contributed by atoms with van der Waals surface area (Å²) < 4.78 is 11.6. The molecular formula is C20H22N4O5S. The van der Waals surface area contributed by atoms with Gasteiger partial charge in [-0.3, -0.25) is 24.7 Å². The smallest absolute Gasteiger partial charge is 0.395 e. The molecule has 0 aliphatic carbocycles. The van der Waals surface area contributed by atoms with Crippen LogP contribution in [-0.2, 0) is 4.74 Å². The highest BCUT2D eigenvalue weighted by Gasteiger charge is 2.27. The summed E-state index contributed by atoms with van der Waals surface area (Å²) in [5.74, 6) is -0.970. The van der Waals surface area contributed by atoms with Gasteiger partial charge in [0.05, 0.1) is 29.5 Å². The lowest BCUT2D eigenvalue weighted by Crippen LogP contribution is -2.43. The molecule has 3 aromatic rings. The van der Waals surface area contributed by atoms with E-state index in [-0.39, 0.29) is 5.76 Å². The summed E-state index contributed by atoms with van der Waals surface area (Å²) in [4.78, 5) is 32.0. The minimum Gasteiger partial charge on any atom is -0.395 e. The Morgan fingerprint density at radius 3 is 2.77 bits per heavy atom. The number of benzene rings is 1. The number of thiazole rings is 1. The third-order valence-corrected chi connectivity index (χ3v) is 6.05. The maximum absolute atomic E-state index is 13.2. The van der Waals surface area contributed by atoms with Crippen LogP contribution in [0.5, 0.6) is 0 Å². The fraction of sp³-hybridized carbons (Fsp3) is 0.400. The Labute approximate surface area is 177 Å². The molecule has 2 aromatic heterocycles. The molecule has 0 unspecified atom stereocenters. The Morgan fingerprint density at radius 2 is 2.07 bits per heavy atom. The van der Waals surface area contributed by atoms with E-state index in [1.165, 1.54) is 23.5 Å². The number of furan rings is 1. The summed E-state index contributed by atoms with van der Waals surface area (Å²) in [6.07, 6.45) is 0. The largest absolute Gasteiger partial charge is 0.433 e. The van der Waals surface area contributed by atoms with Gasteiger partial charge in [-0.1, -0.05) is 17.4 Å². The molecule has 1 aliphatic heterocycles. The minimum absolute atomic E-state index is 0.0733. The Balaban J connectivity index is 1.66. The van der Waals surface area contributed by atoms with E-state index in [4.69, 9.17) is 14.1 Å². The zero-order chi connectivity index (χ0) is 21.3. The number of amides is 1. The van der Waals surface area contributed by atoms with Crippen LogP contribution in [0, 0.1) is 24.0 Å². The van der Waals surface area contributed by atoms with Crippen LogP contribution >= 0.6 is 11.3 Å². The molecule has 0 atom stereocenters. The lowest BCUT2D eigenvalue weighted by molar-refractivity contribution is -0.402. The molecule has 30 heavy (non-hydrogen) atoms. The molecule has 9 nitrogen and oxygen atoms in total. The van der Waals surface area contributed by atoms with Crippen LogP contribution in [-0.4, -0.2) is 60.1 Å². The second-order valence-corrected chi connectivity index (χ2v) is 8.24. The molecule has 158 valence electrons. The quantitative estimate of drug-likeness (QED) is 0.436. The van der Waals surface area contributed by atoms with Gasteiger partial charge >= 0.3 is 5.88 Å². The molecule has 10 heteroatoms. The van der Waals surface area contributed by atoms with Crippen molar-refractivity contribution >= 4 is 38.5 Å². The van der Waals surface area contributed by atoms with Gasteiger partial charge in [-0.15, -0.1) is 0 Å². The van der Waals surface area contributed by atoms with Crippen molar-refractivity contribution in [2.75, 3.05) is 44.3 Å². The second-order valence-electron chi connectivity index (χ2n) is 7.23. The molecule has 4 rings (SSSR count). The highest BCUT2D eigenvalue weighted by atomic mass is 32.1. The topological polar surface area (TPSA) is 102 Å². The molecule has 3 heterocycles. The van der Waals surface area contributed by atoms with Gasteiger partial charge < -0.3 is 9.15 Å². The molecule has 1 aliphatic rings. The Hall–Kier alpha value is -2.82. The number of nitro groups is 1. The summed E-state index contributed by atoms with van der Waals surface area (Å²) in [5, 5.41) is 11.5. The third-order valence-electron chi connectivity index (χ3n) is 5.02. The first kappa shape index (κ1) is 20.5. The van der Waals surface area contributed by atoms with Crippen molar-refractivity contribution < 1.29 is 18.9 Å². The van der Waals surface area contributed by atoms with E-state index in [1.54, 1.807) is 4.90 Å².